The highest BCUT2D eigenvalue weighted by Gasteiger charge is 2.26. The van der Waals surface area contributed by atoms with E-state index in [0.717, 1.165) is 24.6 Å². The molecule has 1 aliphatic heterocycles. The highest BCUT2D eigenvalue weighted by molar-refractivity contribution is 5.45. The van der Waals surface area contributed by atoms with Gasteiger partial charge in [-0.25, -0.2) is 4.98 Å². The van der Waals surface area contributed by atoms with Gasteiger partial charge in [0, 0.05) is 19.3 Å². The van der Waals surface area contributed by atoms with Crippen molar-refractivity contribution in [2.75, 3.05) is 24.7 Å². The molecule has 8 nitrogen and oxygen atoms in total. The van der Waals surface area contributed by atoms with Crippen LogP contribution in [-0.2, 0) is 11.3 Å². The molecule has 3 aromatic heterocycles. The molecule has 3 aromatic rings. The Morgan fingerprint density at radius 2 is 2.27 bits per heavy atom. The third kappa shape index (κ3) is 2.21. The average Bonchev–Trinajstić information content (AvgIpc) is 3.20. The summed E-state index contributed by atoms with van der Waals surface area (Å²) >= 11 is 0. The molecule has 22 heavy (non-hydrogen) atoms. The zero-order chi connectivity index (χ0) is 14.9. The first-order valence-corrected chi connectivity index (χ1v) is 7.35. The first-order chi connectivity index (χ1) is 10.8. The Morgan fingerprint density at radius 3 is 3.18 bits per heavy atom. The third-order valence-electron chi connectivity index (χ3n) is 3.91. The zero-order valence-corrected chi connectivity index (χ0v) is 12.3. The van der Waals surface area contributed by atoms with Gasteiger partial charge in [-0.3, -0.25) is 0 Å². The Morgan fingerprint density at radius 1 is 1.32 bits per heavy atom. The van der Waals surface area contributed by atoms with Crippen molar-refractivity contribution in [1.82, 2.24) is 29.4 Å². The molecule has 0 bridgehead atoms. The van der Waals surface area contributed by atoms with Crippen LogP contribution in [0, 0.1) is 0 Å². The topological polar surface area (TPSA) is 73.4 Å². The van der Waals surface area contributed by atoms with E-state index in [1.807, 2.05) is 31.6 Å². The number of fused-ring (bicyclic) bond motifs is 2. The number of anilines is 1. The summed E-state index contributed by atoms with van der Waals surface area (Å²) in [5, 5.41) is 12.4. The van der Waals surface area contributed by atoms with Crippen molar-refractivity contribution in [3.8, 4) is 0 Å². The van der Waals surface area contributed by atoms with Crippen LogP contribution in [0.15, 0.2) is 31.0 Å². The summed E-state index contributed by atoms with van der Waals surface area (Å²) in [6.07, 6.45) is 5.40. The Hall–Kier alpha value is -2.48. The fraction of sp³-hybridized carbons (Fsp3) is 0.429. The summed E-state index contributed by atoms with van der Waals surface area (Å²) in [5.74, 6) is 0.904. The van der Waals surface area contributed by atoms with Crippen LogP contribution in [0.3, 0.4) is 0 Å². The van der Waals surface area contributed by atoms with E-state index in [0.29, 0.717) is 13.2 Å². The van der Waals surface area contributed by atoms with Gasteiger partial charge in [0.05, 0.1) is 31.2 Å². The lowest BCUT2D eigenvalue weighted by Crippen LogP contribution is -2.39. The van der Waals surface area contributed by atoms with E-state index in [1.165, 1.54) is 5.69 Å². The molecule has 114 valence electrons. The molecule has 0 saturated carbocycles. The Bertz CT molecular complexity index is 780. The van der Waals surface area contributed by atoms with E-state index in [9.17, 15) is 0 Å². The minimum Gasteiger partial charge on any atom is -0.380 e. The summed E-state index contributed by atoms with van der Waals surface area (Å²) in [6, 6.07) is 4.15. The molecule has 0 aliphatic carbocycles. The molecule has 0 spiro atoms. The highest BCUT2D eigenvalue weighted by Crippen LogP contribution is 2.25. The van der Waals surface area contributed by atoms with Gasteiger partial charge >= 0.3 is 0 Å². The predicted octanol–water partition coefficient (Wildman–Crippen LogP) is 0.919. The number of nitrogens with zero attached hydrogens (tertiary/aromatic N) is 7. The molecule has 0 radical (unpaired) electrons. The van der Waals surface area contributed by atoms with Gasteiger partial charge in [-0.15, -0.1) is 15.3 Å². The largest absolute Gasteiger partial charge is 0.380 e. The summed E-state index contributed by atoms with van der Waals surface area (Å²) in [4.78, 5) is 6.50. The molecule has 1 atom stereocenters. The first-order valence-electron chi connectivity index (χ1n) is 7.35. The maximum Gasteiger partial charge on any atom is 0.177 e. The van der Waals surface area contributed by atoms with E-state index < -0.39 is 0 Å². The summed E-state index contributed by atoms with van der Waals surface area (Å²) in [5.41, 5.74) is 1.92. The van der Waals surface area contributed by atoms with Gasteiger partial charge < -0.3 is 14.2 Å². The molecule has 0 amide bonds. The van der Waals surface area contributed by atoms with Crippen molar-refractivity contribution >= 4 is 11.5 Å². The van der Waals surface area contributed by atoms with Gasteiger partial charge in [0.25, 0.3) is 0 Å². The molecule has 0 saturated heterocycles. The second-order valence-corrected chi connectivity index (χ2v) is 5.31. The lowest BCUT2D eigenvalue weighted by atomic mass is 10.2. The fourth-order valence-electron chi connectivity index (χ4n) is 2.83. The number of rotatable bonds is 4. The lowest BCUT2D eigenvalue weighted by molar-refractivity contribution is 0.111. The summed E-state index contributed by atoms with van der Waals surface area (Å²) < 4.78 is 9.51. The van der Waals surface area contributed by atoms with E-state index in [2.05, 4.69) is 29.7 Å². The minimum atomic E-state index is 0.240. The Kier molecular flexibility index (Phi) is 3.23. The molecule has 8 heteroatoms. The lowest BCUT2D eigenvalue weighted by Gasteiger charge is -2.34. The maximum atomic E-state index is 5.62. The molecule has 0 aromatic carbocycles. The fourth-order valence-corrected chi connectivity index (χ4v) is 2.83. The van der Waals surface area contributed by atoms with E-state index in [-0.39, 0.29) is 6.04 Å². The van der Waals surface area contributed by atoms with Crippen molar-refractivity contribution < 1.29 is 4.74 Å². The second kappa shape index (κ2) is 5.38. The van der Waals surface area contributed by atoms with Gasteiger partial charge in [-0.05, 0) is 19.1 Å². The second-order valence-electron chi connectivity index (χ2n) is 5.31. The Balaban J connectivity index is 1.65. The monoisotopic (exact) mass is 299 g/mol. The number of imidazole rings is 1. The van der Waals surface area contributed by atoms with Crippen LogP contribution in [-0.4, -0.2) is 49.1 Å². The highest BCUT2D eigenvalue weighted by atomic mass is 16.5. The minimum absolute atomic E-state index is 0.240. The molecule has 0 N–H and O–H groups in total. The molecular weight excluding hydrogens is 282 g/mol. The summed E-state index contributed by atoms with van der Waals surface area (Å²) in [6.45, 7) is 5.01. The normalized spacial score (nSPS) is 17.9. The molecule has 4 rings (SSSR count). The number of ether oxygens (including phenoxy) is 1. The van der Waals surface area contributed by atoms with Crippen molar-refractivity contribution in [3.63, 3.8) is 0 Å². The van der Waals surface area contributed by atoms with Gasteiger partial charge in [-0.1, -0.05) is 0 Å². The molecule has 0 unspecified atom stereocenters. The standard InChI is InChI=1S/C14H17N7O/c1-2-22-8-12-7-19(6-11-5-15-9-20(11)12)14-4-3-13-17-16-10-21(13)18-14/h3-5,9-10,12H,2,6-8H2,1H3/t12-/m1/s1. The molecular formula is C14H17N7O. The number of aromatic nitrogens is 6. The van der Waals surface area contributed by atoms with Gasteiger partial charge in [0.15, 0.2) is 5.65 Å². The molecule has 0 fully saturated rings. The Labute approximate surface area is 127 Å². The van der Waals surface area contributed by atoms with Gasteiger partial charge in [-0.2, -0.15) is 4.52 Å². The van der Waals surface area contributed by atoms with E-state index in [1.54, 1.807) is 10.8 Å². The van der Waals surface area contributed by atoms with Crippen LogP contribution >= 0.6 is 0 Å². The zero-order valence-electron chi connectivity index (χ0n) is 12.3. The van der Waals surface area contributed by atoms with Crippen LogP contribution < -0.4 is 4.90 Å². The van der Waals surface area contributed by atoms with Crippen LogP contribution in [0.1, 0.15) is 18.7 Å². The van der Waals surface area contributed by atoms with Crippen molar-refractivity contribution in [2.24, 2.45) is 0 Å². The van der Waals surface area contributed by atoms with Crippen LogP contribution in [0.4, 0.5) is 5.82 Å². The van der Waals surface area contributed by atoms with Crippen LogP contribution in [0.2, 0.25) is 0 Å². The van der Waals surface area contributed by atoms with Crippen LogP contribution in [0.5, 0.6) is 0 Å². The smallest absolute Gasteiger partial charge is 0.177 e. The van der Waals surface area contributed by atoms with Crippen molar-refractivity contribution in [3.05, 3.63) is 36.7 Å². The van der Waals surface area contributed by atoms with Gasteiger partial charge in [0.2, 0.25) is 0 Å². The predicted molar refractivity (Wildman–Crippen MR) is 79.6 cm³/mol. The average molecular weight is 299 g/mol. The van der Waals surface area contributed by atoms with Gasteiger partial charge in [0.1, 0.15) is 12.1 Å². The van der Waals surface area contributed by atoms with Crippen molar-refractivity contribution in [2.45, 2.75) is 19.5 Å². The third-order valence-corrected chi connectivity index (χ3v) is 3.91. The maximum absolute atomic E-state index is 5.62. The van der Waals surface area contributed by atoms with E-state index in [4.69, 9.17) is 4.74 Å². The summed E-state index contributed by atoms with van der Waals surface area (Å²) in [7, 11) is 0. The first kappa shape index (κ1) is 13.2. The van der Waals surface area contributed by atoms with E-state index >= 15 is 0 Å². The van der Waals surface area contributed by atoms with Crippen LogP contribution in [0.25, 0.3) is 5.65 Å². The van der Waals surface area contributed by atoms with Crippen molar-refractivity contribution in [1.29, 1.82) is 0 Å². The molecule has 4 heterocycles. The quantitative estimate of drug-likeness (QED) is 0.713. The number of hydrogen-bond donors (Lipinski definition) is 0. The number of hydrogen-bond acceptors (Lipinski definition) is 6. The SMILES string of the molecule is CCOC[C@H]1CN(c2ccc3nncn3n2)Cc2cncn21. The molecule has 1 aliphatic rings.